The van der Waals surface area contributed by atoms with Crippen molar-refractivity contribution in [2.45, 2.75) is 70.7 Å². The zero-order chi connectivity index (χ0) is 34.0. The Morgan fingerprint density at radius 1 is 0.979 bits per heavy atom. The number of rotatable bonds is 7. The Morgan fingerprint density at radius 2 is 1.60 bits per heavy atom. The van der Waals surface area contributed by atoms with Gasteiger partial charge in [-0.3, -0.25) is 4.79 Å². The van der Waals surface area contributed by atoms with Gasteiger partial charge in [-0.2, -0.15) is 0 Å². The maximum atomic E-state index is 14.8. The van der Waals surface area contributed by atoms with Crippen molar-refractivity contribution in [3.05, 3.63) is 93.1 Å². The topological polar surface area (TPSA) is 63.4 Å². The molecule has 3 aromatic carbocycles. The van der Waals surface area contributed by atoms with Crippen molar-refractivity contribution in [1.82, 2.24) is 9.80 Å². The van der Waals surface area contributed by atoms with E-state index in [-0.39, 0.29) is 38.6 Å². The summed E-state index contributed by atoms with van der Waals surface area (Å²) in [5.41, 5.74) is 2.40. The molecule has 0 saturated heterocycles. The minimum absolute atomic E-state index is 0.0107. The highest BCUT2D eigenvalue weighted by Gasteiger charge is 2.35. The van der Waals surface area contributed by atoms with E-state index in [1.54, 1.807) is 36.1 Å². The molecule has 1 aliphatic rings. The summed E-state index contributed by atoms with van der Waals surface area (Å²) in [6.45, 7) is 12.9. The van der Waals surface area contributed by atoms with E-state index in [1.807, 2.05) is 51.1 Å². The molecule has 0 bridgehead atoms. The Kier molecular flexibility index (Phi) is 10.1. The molecule has 0 radical (unpaired) electrons. The van der Waals surface area contributed by atoms with Gasteiger partial charge in [0.1, 0.15) is 27.9 Å². The first-order valence-corrected chi connectivity index (χ1v) is 16.5. The number of hydrogen-bond acceptors (Lipinski definition) is 5. The predicted molar refractivity (Wildman–Crippen MR) is 181 cm³/mol. The van der Waals surface area contributed by atoms with Crippen LogP contribution >= 0.6 is 22.9 Å². The number of hydrogen-bond donors (Lipinski definition) is 0. The van der Waals surface area contributed by atoms with Gasteiger partial charge in [-0.1, -0.05) is 41.9 Å². The molecule has 1 fully saturated rings. The van der Waals surface area contributed by atoms with Gasteiger partial charge < -0.3 is 19.3 Å². The normalized spacial score (nSPS) is 16.4. The van der Waals surface area contributed by atoms with Crippen molar-refractivity contribution in [1.29, 1.82) is 0 Å². The number of methoxy groups -OCH3 is 1. The van der Waals surface area contributed by atoms with Gasteiger partial charge in [-0.15, -0.1) is 11.3 Å². The maximum Gasteiger partial charge on any atom is 0.410 e. The van der Waals surface area contributed by atoms with E-state index >= 15 is 0 Å². The molecule has 0 spiro atoms. The smallest absolute Gasteiger partial charge is 0.410 e. The third-order valence-corrected chi connectivity index (χ3v) is 10.1. The summed E-state index contributed by atoms with van der Waals surface area (Å²) < 4.78 is 40.8. The van der Waals surface area contributed by atoms with Gasteiger partial charge in [0.15, 0.2) is 5.69 Å². The zero-order valence-corrected chi connectivity index (χ0v) is 28.5. The van der Waals surface area contributed by atoms with Crippen LogP contribution in [0.3, 0.4) is 0 Å². The maximum absolute atomic E-state index is 14.8. The van der Waals surface area contributed by atoms with Crippen LogP contribution in [0.15, 0.2) is 54.6 Å². The molecule has 2 amide bonds. The first-order chi connectivity index (χ1) is 22.3. The second kappa shape index (κ2) is 13.9. The summed E-state index contributed by atoms with van der Waals surface area (Å²) in [5.74, 6) is -1.21. The number of benzene rings is 3. The van der Waals surface area contributed by atoms with Gasteiger partial charge >= 0.3 is 6.09 Å². The average molecular weight is 680 g/mol. The number of carbonyl (C=O) groups excluding carboxylic acids is 2. The highest BCUT2D eigenvalue weighted by atomic mass is 35.5. The predicted octanol–water partition coefficient (Wildman–Crippen LogP) is 9.88. The monoisotopic (exact) mass is 679 g/mol. The Morgan fingerprint density at radius 3 is 2.19 bits per heavy atom. The fraction of sp³-hybridized carbons (Fsp3) is 0.361. The fourth-order valence-electron chi connectivity index (χ4n) is 5.97. The first-order valence-electron chi connectivity index (χ1n) is 15.3. The summed E-state index contributed by atoms with van der Waals surface area (Å²) in [7, 11) is 3.28. The highest BCUT2D eigenvalue weighted by molar-refractivity contribution is 7.21. The first kappa shape index (κ1) is 34.1. The standard InChI is InChI=1S/C36H36ClF2N3O4S/c1-36(2,3)46-35(44)41(5)25-12-14-26(15-13-25)42(34(43)33-31(37)30-27(38)16-17-28(39)32(30)47-33)20-23-19-22(9-18-29(23)45-6)21-7-10-24(40-4)11-8-21/h7-11,16-19,25-26H,12-15,20H2,1-3,5-6H3. The van der Waals surface area contributed by atoms with Crippen LogP contribution in [-0.2, 0) is 11.3 Å². The molecule has 11 heteroatoms. The summed E-state index contributed by atoms with van der Waals surface area (Å²) >= 11 is 7.45. The molecule has 246 valence electrons. The van der Waals surface area contributed by atoms with Crippen molar-refractivity contribution in [2.75, 3.05) is 14.2 Å². The van der Waals surface area contributed by atoms with Crippen LogP contribution in [0.2, 0.25) is 5.02 Å². The third-order valence-electron chi connectivity index (χ3n) is 8.42. The number of halogens is 3. The lowest BCUT2D eigenvalue weighted by Crippen LogP contribution is -2.47. The molecular weight excluding hydrogens is 644 g/mol. The molecule has 1 heterocycles. The molecule has 0 unspecified atom stereocenters. The zero-order valence-electron chi connectivity index (χ0n) is 26.9. The summed E-state index contributed by atoms with van der Waals surface area (Å²) in [5, 5.41) is -0.221. The summed E-state index contributed by atoms with van der Waals surface area (Å²) in [6.07, 6.45) is 2.00. The summed E-state index contributed by atoms with van der Waals surface area (Å²) in [4.78, 5) is 34.0. The number of carbonyl (C=O) groups is 2. The van der Waals surface area contributed by atoms with Crippen molar-refractivity contribution in [3.8, 4) is 16.9 Å². The quantitative estimate of drug-likeness (QED) is 0.183. The third kappa shape index (κ3) is 7.37. The Hall–Kier alpha value is -4.20. The molecule has 5 rings (SSSR count). The molecule has 0 aliphatic heterocycles. The Labute approximate surface area is 282 Å². The van der Waals surface area contributed by atoms with Gasteiger partial charge in [0, 0.05) is 31.2 Å². The number of amides is 2. The Bertz CT molecular complexity index is 1840. The largest absolute Gasteiger partial charge is 0.496 e. The Balaban J connectivity index is 1.49. The minimum atomic E-state index is -0.697. The second-order valence-corrected chi connectivity index (χ2v) is 14.0. The molecule has 1 aliphatic carbocycles. The van der Waals surface area contributed by atoms with Crippen LogP contribution in [-0.4, -0.2) is 53.6 Å². The number of nitrogens with zero attached hydrogens (tertiary/aromatic N) is 3. The van der Waals surface area contributed by atoms with Crippen LogP contribution in [0, 0.1) is 18.2 Å². The van der Waals surface area contributed by atoms with E-state index in [2.05, 4.69) is 4.85 Å². The second-order valence-electron chi connectivity index (χ2n) is 12.7. The van der Waals surface area contributed by atoms with Crippen LogP contribution in [0.5, 0.6) is 5.75 Å². The number of thiophene rings is 1. The average Bonchev–Trinajstić information content (AvgIpc) is 3.42. The van der Waals surface area contributed by atoms with Crippen molar-refractivity contribution in [3.63, 3.8) is 0 Å². The van der Waals surface area contributed by atoms with E-state index in [4.69, 9.17) is 27.6 Å². The lowest BCUT2D eigenvalue weighted by atomic mass is 9.89. The molecule has 7 nitrogen and oxygen atoms in total. The van der Waals surface area contributed by atoms with Gasteiger partial charge in [-0.05, 0) is 81.8 Å². The van der Waals surface area contributed by atoms with Crippen LogP contribution in [0.4, 0.5) is 19.3 Å². The number of ether oxygens (including phenoxy) is 2. The molecule has 0 atom stereocenters. The van der Waals surface area contributed by atoms with Crippen LogP contribution in [0.25, 0.3) is 26.1 Å². The van der Waals surface area contributed by atoms with Crippen LogP contribution in [0.1, 0.15) is 61.7 Å². The van der Waals surface area contributed by atoms with Gasteiger partial charge in [0.2, 0.25) is 0 Å². The van der Waals surface area contributed by atoms with E-state index in [1.165, 1.54) is 0 Å². The van der Waals surface area contributed by atoms with Crippen molar-refractivity contribution in [2.24, 2.45) is 0 Å². The number of fused-ring (bicyclic) bond motifs is 1. The van der Waals surface area contributed by atoms with Gasteiger partial charge in [0.05, 0.1) is 28.8 Å². The molecule has 1 aromatic heterocycles. The van der Waals surface area contributed by atoms with E-state index < -0.39 is 29.2 Å². The summed E-state index contributed by atoms with van der Waals surface area (Å²) in [6, 6.07) is 14.6. The molecule has 47 heavy (non-hydrogen) atoms. The minimum Gasteiger partial charge on any atom is -0.496 e. The molecule has 0 N–H and O–H groups in total. The molecule has 4 aromatic rings. The van der Waals surface area contributed by atoms with E-state index in [9.17, 15) is 18.4 Å². The molecule has 1 saturated carbocycles. The van der Waals surface area contributed by atoms with Crippen molar-refractivity contribution < 1.29 is 27.8 Å². The van der Waals surface area contributed by atoms with Crippen LogP contribution < -0.4 is 4.74 Å². The lowest BCUT2D eigenvalue weighted by Gasteiger charge is -2.40. The highest BCUT2D eigenvalue weighted by Crippen LogP contribution is 2.41. The fourth-order valence-corrected chi connectivity index (χ4v) is 7.47. The van der Waals surface area contributed by atoms with Crippen molar-refractivity contribution >= 4 is 50.7 Å². The van der Waals surface area contributed by atoms with Gasteiger partial charge in [0.25, 0.3) is 5.91 Å². The van der Waals surface area contributed by atoms with E-state index in [0.29, 0.717) is 37.1 Å². The lowest BCUT2D eigenvalue weighted by molar-refractivity contribution is 0.0144. The molecular formula is C36H36ClF2N3O4S. The van der Waals surface area contributed by atoms with Gasteiger partial charge in [-0.25, -0.2) is 18.4 Å². The SMILES string of the molecule is [C-]#[N+]c1ccc(-c2ccc(OC)c(CN(C(=O)c3sc4c(F)ccc(F)c4c3Cl)C3CCC(N(C)C(=O)OC(C)(C)C)CC3)c2)cc1. The van der Waals surface area contributed by atoms with E-state index in [0.717, 1.165) is 40.2 Å².